The average Bonchev–Trinajstić information content (AvgIpc) is 2.90. The Morgan fingerprint density at radius 1 is 1.24 bits per heavy atom. The van der Waals surface area contributed by atoms with E-state index in [-0.39, 0.29) is 4.90 Å². The number of anilines is 1. The summed E-state index contributed by atoms with van der Waals surface area (Å²) in [6.07, 6.45) is 1.51. The summed E-state index contributed by atoms with van der Waals surface area (Å²) in [7, 11) is -3.65. The molecule has 1 heterocycles. The Balaban J connectivity index is 2.36. The number of hydrogen-bond acceptors (Lipinski definition) is 5. The van der Waals surface area contributed by atoms with Crippen molar-refractivity contribution < 1.29 is 12.8 Å². The Hall–Kier alpha value is -1.83. The molecule has 2 aromatic rings. The van der Waals surface area contributed by atoms with Gasteiger partial charge < -0.3 is 9.84 Å². The maximum atomic E-state index is 12.6. The fourth-order valence-electron chi connectivity index (χ4n) is 2.34. The van der Waals surface area contributed by atoms with Gasteiger partial charge in [0.25, 0.3) is 0 Å². The molecule has 0 saturated carbocycles. The van der Waals surface area contributed by atoms with Crippen LogP contribution in [0.1, 0.15) is 29.9 Å². The number of furan rings is 1. The molecule has 0 amide bonds. The van der Waals surface area contributed by atoms with Crippen molar-refractivity contribution >= 4 is 15.7 Å². The summed E-state index contributed by atoms with van der Waals surface area (Å²) < 4.78 is 33.0. The van der Waals surface area contributed by atoms with Crippen LogP contribution in [-0.2, 0) is 10.0 Å². The van der Waals surface area contributed by atoms with Crippen LogP contribution in [0.4, 0.5) is 5.69 Å². The average molecular weight is 309 g/mol. The van der Waals surface area contributed by atoms with E-state index in [0.29, 0.717) is 22.6 Å². The zero-order valence-electron chi connectivity index (χ0n) is 12.2. The first kappa shape index (κ1) is 15.6. The Kier molecular flexibility index (Phi) is 4.36. The van der Waals surface area contributed by atoms with Crippen LogP contribution in [-0.4, -0.2) is 8.42 Å². The molecule has 0 spiro atoms. The van der Waals surface area contributed by atoms with Crippen LogP contribution in [0.25, 0.3) is 0 Å². The molecule has 0 aliphatic carbocycles. The van der Waals surface area contributed by atoms with Crippen molar-refractivity contribution in [2.75, 3.05) is 5.43 Å². The van der Waals surface area contributed by atoms with Gasteiger partial charge >= 0.3 is 0 Å². The Morgan fingerprint density at radius 3 is 2.33 bits per heavy atom. The van der Waals surface area contributed by atoms with Gasteiger partial charge in [-0.15, -0.1) is 0 Å². The molecule has 1 aromatic heterocycles. The van der Waals surface area contributed by atoms with Gasteiger partial charge in [-0.25, -0.2) is 13.1 Å². The summed E-state index contributed by atoms with van der Waals surface area (Å²) in [6, 6.07) is 6.39. The van der Waals surface area contributed by atoms with E-state index in [0.717, 1.165) is 0 Å². The van der Waals surface area contributed by atoms with E-state index < -0.39 is 16.1 Å². The Bertz CT molecular complexity index is 701. The number of hydrogen-bond donors (Lipinski definition) is 3. The molecule has 0 aliphatic rings. The fourth-order valence-corrected chi connectivity index (χ4v) is 4.01. The van der Waals surface area contributed by atoms with Crippen LogP contribution in [0.3, 0.4) is 0 Å². The number of nitrogen functional groups attached to an aromatic ring is 1. The highest BCUT2D eigenvalue weighted by Gasteiger charge is 2.23. The highest BCUT2D eigenvalue weighted by atomic mass is 32.2. The van der Waals surface area contributed by atoms with E-state index in [1.807, 2.05) is 0 Å². The third-order valence-corrected chi connectivity index (χ3v) is 5.04. The van der Waals surface area contributed by atoms with Crippen LogP contribution in [0.15, 0.2) is 39.8 Å². The molecular weight excluding hydrogens is 290 g/mol. The van der Waals surface area contributed by atoms with Gasteiger partial charge in [-0.2, -0.15) is 0 Å². The maximum absolute atomic E-state index is 12.6. The third kappa shape index (κ3) is 3.26. The highest BCUT2D eigenvalue weighted by molar-refractivity contribution is 7.89. The third-order valence-electron chi connectivity index (χ3n) is 3.20. The molecule has 114 valence electrons. The molecule has 6 nitrogen and oxygen atoms in total. The van der Waals surface area contributed by atoms with Crippen molar-refractivity contribution in [1.82, 2.24) is 4.72 Å². The standard InChI is InChI=1S/C14H19N3O3S/c1-9-7-12(16-15)8-10(2)14(9)21(18,19)17-11(3)13-5-4-6-20-13/h4-8,11,16-17H,15H2,1-3H3. The topological polar surface area (TPSA) is 97.4 Å². The van der Waals surface area contributed by atoms with E-state index >= 15 is 0 Å². The van der Waals surface area contributed by atoms with Gasteiger partial charge in [-0.05, 0) is 56.2 Å². The summed E-state index contributed by atoms with van der Waals surface area (Å²) >= 11 is 0. The maximum Gasteiger partial charge on any atom is 0.241 e. The van der Waals surface area contributed by atoms with Crippen molar-refractivity contribution in [3.05, 3.63) is 47.4 Å². The molecule has 0 aliphatic heterocycles. The van der Waals surface area contributed by atoms with Crippen molar-refractivity contribution in [3.8, 4) is 0 Å². The van der Waals surface area contributed by atoms with Crippen molar-refractivity contribution in [1.29, 1.82) is 0 Å². The zero-order chi connectivity index (χ0) is 15.6. The second-order valence-corrected chi connectivity index (χ2v) is 6.59. The normalized spacial score (nSPS) is 13.1. The monoisotopic (exact) mass is 309 g/mol. The van der Waals surface area contributed by atoms with E-state index in [4.69, 9.17) is 10.3 Å². The van der Waals surface area contributed by atoms with Gasteiger partial charge in [0.05, 0.1) is 17.2 Å². The van der Waals surface area contributed by atoms with Crippen LogP contribution >= 0.6 is 0 Å². The highest BCUT2D eigenvalue weighted by Crippen LogP contribution is 2.25. The minimum atomic E-state index is -3.65. The summed E-state index contributed by atoms with van der Waals surface area (Å²) in [5.41, 5.74) is 4.44. The minimum Gasteiger partial charge on any atom is -0.468 e. The molecular formula is C14H19N3O3S. The van der Waals surface area contributed by atoms with Gasteiger partial charge in [0.1, 0.15) is 5.76 Å². The quantitative estimate of drug-likeness (QED) is 0.581. The van der Waals surface area contributed by atoms with Gasteiger partial charge in [-0.1, -0.05) is 0 Å². The smallest absolute Gasteiger partial charge is 0.241 e. The summed E-state index contributed by atoms with van der Waals surface area (Å²) in [5, 5.41) is 0. The molecule has 4 N–H and O–H groups in total. The molecule has 21 heavy (non-hydrogen) atoms. The van der Waals surface area contributed by atoms with Crippen molar-refractivity contribution in [2.24, 2.45) is 5.84 Å². The van der Waals surface area contributed by atoms with Gasteiger partial charge in [-0.3, -0.25) is 5.84 Å². The molecule has 7 heteroatoms. The molecule has 0 radical (unpaired) electrons. The van der Waals surface area contributed by atoms with Crippen LogP contribution in [0.2, 0.25) is 0 Å². The van der Waals surface area contributed by atoms with Gasteiger partial charge in [0.2, 0.25) is 10.0 Å². The van der Waals surface area contributed by atoms with Crippen LogP contribution < -0.4 is 16.0 Å². The van der Waals surface area contributed by atoms with E-state index in [9.17, 15) is 8.42 Å². The number of nitrogens with one attached hydrogen (secondary N) is 2. The molecule has 2 rings (SSSR count). The lowest BCUT2D eigenvalue weighted by Crippen LogP contribution is -2.28. The summed E-state index contributed by atoms with van der Waals surface area (Å²) in [5.74, 6) is 5.93. The van der Waals surface area contributed by atoms with E-state index in [1.54, 1.807) is 45.0 Å². The van der Waals surface area contributed by atoms with Crippen molar-refractivity contribution in [3.63, 3.8) is 0 Å². The second kappa shape index (κ2) is 5.88. The number of aryl methyl sites for hydroxylation is 2. The lowest BCUT2D eigenvalue weighted by atomic mass is 10.1. The first-order chi connectivity index (χ1) is 9.85. The van der Waals surface area contributed by atoms with Crippen LogP contribution in [0, 0.1) is 13.8 Å². The van der Waals surface area contributed by atoms with E-state index in [1.165, 1.54) is 6.26 Å². The van der Waals surface area contributed by atoms with Crippen LogP contribution in [0.5, 0.6) is 0 Å². The number of nitrogens with two attached hydrogens (primary N) is 1. The first-order valence-electron chi connectivity index (χ1n) is 6.48. The first-order valence-corrected chi connectivity index (χ1v) is 7.97. The second-order valence-electron chi connectivity index (χ2n) is 4.94. The summed E-state index contributed by atoms with van der Waals surface area (Å²) in [6.45, 7) is 5.21. The lowest BCUT2D eigenvalue weighted by Gasteiger charge is -2.16. The van der Waals surface area contributed by atoms with E-state index in [2.05, 4.69) is 10.1 Å². The lowest BCUT2D eigenvalue weighted by molar-refractivity contribution is 0.459. The van der Waals surface area contributed by atoms with Gasteiger partial charge in [0.15, 0.2) is 0 Å². The number of rotatable bonds is 5. The SMILES string of the molecule is Cc1cc(NN)cc(C)c1S(=O)(=O)NC(C)c1ccco1. The van der Waals surface area contributed by atoms with Crippen molar-refractivity contribution in [2.45, 2.75) is 31.7 Å². The van der Waals surface area contributed by atoms with Gasteiger partial charge in [0, 0.05) is 5.69 Å². The number of hydrazine groups is 1. The predicted molar refractivity (Wildman–Crippen MR) is 81.2 cm³/mol. The Morgan fingerprint density at radius 2 is 1.86 bits per heavy atom. The molecule has 0 saturated heterocycles. The minimum absolute atomic E-state index is 0.264. The molecule has 1 aromatic carbocycles. The number of benzene rings is 1. The molecule has 1 atom stereocenters. The largest absolute Gasteiger partial charge is 0.468 e. The summed E-state index contributed by atoms with van der Waals surface area (Å²) in [4.78, 5) is 0.264. The number of sulfonamides is 1. The fraction of sp³-hybridized carbons (Fsp3) is 0.286. The molecule has 0 bridgehead atoms. The zero-order valence-corrected chi connectivity index (χ0v) is 13.0. The molecule has 0 fully saturated rings. The Labute approximate surface area is 124 Å². The predicted octanol–water partition coefficient (Wildman–Crippen LogP) is 2.22. The molecule has 1 unspecified atom stereocenters.